The van der Waals surface area contributed by atoms with E-state index in [0.29, 0.717) is 16.7 Å². The van der Waals surface area contributed by atoms with Crippen LogP contribution in [-0.2, 0) is 0 Å². The van der Waals surface area contributed by atoms with Gasteiger partial charge in [-0.05, 0) is 47.5 Å². The third-order valence-corrected chi connectivity index (χ3v) is 2.46. The first-order chi connectivity index (χ1) is 7.04. The highest BCUT2D eigenvalue weighted by molar-refractivity contribution is 9.10. The number of carbonyl (C=O) groups excluding carboxylic acids is 1. The van der Waals surface area contributed by atoms with Crippen LogP contribution in [0.5, 0.6) is 0 Å². The molecule has 0 radical (unpaired) electrons. The first-order valence-corrected chi connectivity index (χ1v) is 5.34. The van der Waals surface area contributed by atoms with Crippen LogP contribution in [0, 0.1) is 12.7 Å². The molecule has 0 bridgehead atoms. The van der Waals surface area contributed by atoms with Crippen molar-refractivity contribution in [3.05, 3.63) is 28.0 Å². The predicted molar refractivity (Wildman–Crippen MR) is 61.5 cm³/mol. The first-order valence-electron chi connectivity index (χ1n) is 4.55. The van der Waals surface area contributed by atoms with Gasteiger partial charge in [-0.1, -0.05) is 0 Å². The molecule has 0 spiro atoms. The Balaban J connectivity index is 2.86. The molecule has 0 aromatic heterocycles. The van der Waals surface area contributed by atoms with Crippen LogP contribution >= 0.6 is 15.9 Å². The van der Waals surface area contributed by atoms with E-state index in [4.69, 9.17) is 0 Å². The molecule has 5 heteroatoms. The van der Waals surface area contributed by atoms with Gasteiger partial charge >= 0.3 is 6.03 Å². The highest BCUT2D eigenvalue weighted by Gasteiger charge is 2.07. The number of amides is 2. The number of hydrogen-bond acceptors (Lipinski definition) is 1. The van der Waals surface area contributed by atoms with Gasteiger partial charge in [0.05, 0.1) is 4.47 Å². The van der Waals surface area contributed by atoms with Crippen LogP contribution in [0.1, 0.15) is 12.5 Å². The number of urea groups is 1. The van der Waals surface area contributed by atoms with Gasteiger partial charge < -0.3 is 10.6 Å². The Morgan fingerprint density at radius 1 is 1.53 bits per heavy atom. The number of hydrogen-bond donors (Lipinski definition) is 2. The fourth-order valence-electron chi connectivity index (χ4n) is 1.11. The highest BCUT2D eigenvalue weighted by atomic mass is 79.9. The van der Waals surface area contributed by atoms with E-state index in [9.17, 15) is 9.18 Å². The molecule has 0 heterocycles. The summed E-state index contributed by atoms with van der Waals surface area (Å²) in [6.45, 7) is 4.14. The fourth-order valence-corrected chi connectivity index (χ4v) is 1.57. The molecule has 0 aliphatic carbocycles. The minimum atomic E-state index is -0.396. The summed E-state index contributed by atoms with van der Waals surface area (Å²) in [4.78, 5) is 11.2. The maximum absolute atomic E-state index is 13.2. The van der Waals surface area contributed by atoms with E-state index in [1.165, 1.54) is 6.07 Å². The molecule has 2 amide bonds. The average molecular weight is 275 g/mol. The minimum absolute atomic E-state index is 0.331. The minimum Gasteiger partial charge on any atom is -0.338 e. The van der Waals surface area contributed by atoms with E-state index < -0.39 is 5.82 Å². The summed E-state index contributed by atoms with van der Waals surface area (Å²) in [6, 6.07) is 2.58. The molecular weight excluding hydrogens is 263 g/mol. The molecule has 15 heavy (non-hydrogen) atoms. The topological polar surface area (TPSA) is 41.1 Å². The normalized spacial score (nSPS) is 9.87. The standard InChI is InChI=1S/C10H12BrFN2O/c1-3-13-10(15)14-9-5-8(12)7(11)4-6(9)2/h4-5H,3H2,1-2H3,(H2,13,14,15). The lowest BCUT2D eigenvalue weighted by Crippen LogP contribution is -2.28. The summed E-state index contributed by atoms with van der Waals surface area (Å²) in [5, 5.41) is 5.14. The van der Waals surface area contributed by atoms with Gasteiger partial charge in [0.2, 0.25) is 0 Å². The third kappa shape index (κ3) is 3.20. The van der Waals surface area contributed by atoms with Crippen LogP contribution in [0.2, 0.25) is 0 Å². The van der Waals surface area contributed by atoms with E-state index in [-0.39, 0.29) is 6.03 Å². The number of halogens is 2. The van der Waals surface area contributed by atoms with Crippen molar-refractivity contribution in [3.8, 4) is 0 Å². The Morgan fingerprint density at radius 3 is 2.80 bits per heavy atom. The quantitative estimate of drug-likeness (QED) is 0.855. The number of benzene rings is 1. The molecule has 0 unspecified atom stereocenters. The van der Waals surface area contributed by atoms with E-state index in [1.54, 1.807) is 13.0 Å². The summed E-state index contributed by atoms with van der Waals surface area (Å²) < 4.78 is 13.6. The summed E-state index contributed by atoms with van der Waals surface area (Å²) in [5.74, 6) is -0.396. The maximum Gasteiger partial charge on any atom is 0.319 e. The van der Waals surface area contributed by atoms with Gasteiger partial charge in [0.15, 0.2) is 0 Å². The van der Waals surface area contributed by atoms with Crippen molar-refractivity contribution < 1.29 is 9.18 Å². The zero-order chi connectivity index (χ0) is 11.4. The molecule has 0 fully saturated rings. The molecule has 2 N–H and O–H groups in total. The van der Waals surface area contributed by atoms with Crippen LogP contribution in [0.15, 0.2) is 16.6 Å². The smallest absolute Gasteiger partial charge is 0.319 e. The lowest BCUT2D eigenvalue weighted by Gasteiger charge is -2.09. The van der Waals surface area contributed by atoms with Crippen molar-refractivity contribution >= 4 is 27.6 Å². The summed E-state index contributed by atoms with van der Waals surface area (Å²) >= 11 is 3.07. The molecule has 3 nitrogen and oxygen atoms in total. The molecule has 0 aliphatic heterocycles. The Morgan fingerprint density at radius 2 is 2.20 bits per heavy atom. The fraction of sp³-hybridized carbons (Fsp3) is 0.300. The van der Waals surface area contributed by atoms with Gasteiger partial charge in [-0.3, -0.25) is 0 Å². The Kier molecular flexibility index (Phi) is 4.08. The van der Waals surface area contributed by atoms with E-state index in [0.717, 1.165) is 5.56 Å². The number of rotatable bonds is 2. The Bertz CT molecular complexity index is 382. The molecular formula is C10H12BrFN2O. The number of aryl methyl sites for hydroxylation is 1. The van der Waals surface area contributed by atoms with Gasteiger partial charge in [-0.25, -0.2) is 9.18 Å². The van der Waals surface area contributed by atoms with Crippen LogP contribution in [0.4, 0.5) is 14.9 Å². The average Bonchev–Trinajstić information content (AvgIpc) is 2.14. The van der Waals surface area contributed by atoms with E-state index >= 15 is 0 Å². The summed E-state index contributed by atoms with van der Waals surface area (Å²) in [5.41, 5.74) is 1.27. The second-order valence-corrected chi connectivity index (χ2v) is 3.92. The summed E-state index contributed by atoms with van der Waals surface area (Å²) in [6.07, 6.45) is 0. The molecule has 0 saturated heterocycles. The van der Waals surface area contributed by atoms with Crippen molar-refractivity contribution in [3.63, 3.8) is 0 Å². The van der Waals surface area contributed by atoms with Gasteiger partial charge in [0, 0.05) is 12.2 Å². The van der Waals surface area contributed by atoms with Crippen molar-refractivity contribution in [1.29, 1.82) is 0 Å². The number of anilines is 1. The monoisotopic (exact) mass is 274 g/mol. The van der Waals surface area contributed by atoms with Crippen LogP contribution in [0.3, 0.4) is 0 Å². The van der Waals surface area contributed by atoms with E-state index in [2.05, 4.69) is 26.6 Å². The van der Waals surface area contributed by atoms with E-state index in [1.807, 2.05) is 6.92 Å². The largest absolute Gasteiger partial charge is 0.338 e. The van der Waals surface area contributed by atoms with Crippen molar-refractivity contribution in [2.45, 2.75) is 13.8 Å². The molecule has 1 rings (SSSR count). The lowest BCUT2D eigenvalue weighted by atomic mass is 10.2. The van der Waals surface area contributed by atoms with Gasteiger partial charge in [0.1, 0.15) is 5.82 Å². The first kappa shape index (κ1) is 12.0. The predicted octanol–water partition coefficient (Wildman–Crippen LogP) is 3.04. The Hall–Kier alpha value is -1.10. The Labute approximate surface area is 96.2 Å². The highest BCUT2D eigenvalue weighted by Crippen LogP contribution is 2.23. The number of nitrogens with one attached hydrogen (secondary N) is 2. The summed E-state index contributed by atoms with van der Waals surface area (Å²) in [7, 11) is 0. The second-order valence-electron chi connectivity index (χ2n) is 3.07. The van der Waals surface area contributed by atoms with Crippen molar-refractivity contribution in [2.75, 3.05) is 11.9 Å². The molecule has 0 atom stereocenters. The van der Waals surface area contributed by atoms with Crippen LogP contribution < -0.4 is 10.6 Å². The number of carbonyl (C=O) groups is 1. The van der Waals surface area contributed by atoms with Crippen LogP contribution in [0.25, 0.3) is 0 Å². The van der Waals surface area contributed by atoms with Crippen LogP contribution in [-0.4, -0.2) is 12.6 Å². The van der Waals surface area contributed by atoms with Crippen molar-refractivity contribution in [2.24, 2.45) is 0 Å². The zero-order valence-electron chi connectivity index (χ0n) is 8.53. The SMILES string of the molecule is CCNC(=O)Nc1cc(F)c(Br)cc1C. The van der Waals surface area contributed by atoms with Gasteiger partial charge in [-0.2, -0.15) is 0 Å². The molecule has 82 valence electrons. The zero-order valence-corrected chi connectivity index (χ0v) is 10.1. The molecule has 1 aromatic rings. The van der Waals surface area contributed by atoms with Gasteiger partial charge in [-0.15, -0.1) is 0 Å². The second kappa shape index (κ2) is 5.11. The van der Waals surface area contributed by atoms with Gasteiger partial charge in [0.25, 0.3) is 0 Å². The maximum atomic E-state index is 13.2. The molecule has 1 aromatic carbocycles. The lowest BCUT2D eigenvalue weighted by molar-refractivity contribution is 0.252. The molecule has 0 aliphatic rings. The van der Waals surface area contributed by atoms with Crippen molar-refractivity contribution in [1.82, 2.24) is 5.32 Å². The molecule has 0 saturated carbocycles. The third-order valence-electron chi connectivity index (χ3n) is 1.85.